The third kappa shape index (κ3) is 2.95. The van der Waals surface area contributed by atoms with E-state index in [4.69, 9.17) is 4.74 Å². The van der Waals surface area contributed by atoms with E-state index in [-0.39, 0.29) is 5.97 Å². The molecule has 1 aliphatic heterocycles. The number of rotatable bonds is 3. The van der Waals surface area contributed by atoms with Gasteiger partial charge in [0, 0.05) is 6.08 Å². The van der Waals surface area contributed by atoms with E-state index >= 15 is 0 Å². The van der Waals surface area contributed by atoms with Gasteiger partial charge in [0.2, 0.25) is 0 Å². The van der Waals surface area contributed by atoms with E-state index in [1.807, 2.05) is 6.92 Å². The van der Waals surface area contributed by atoms with Crippen LogP contribution < -0.4 is 0 Å². The van der Waals surface area contributed by atoms with E-state index in [1.54, 1.807) is 23.5 Å². The smallest absolute Gasteiger partial charge is 0.330 e. The maximum Gasteiger partial charge on any atom is 0.330 e. The Bertz CT molecular complexity index is 223. The Hall–Kier alpha value is -0.350. The summed E-state index contributed by atoms with van der Waals surface area (Å²) < 4.78 is 5.22. The highest BCUT2D eigenvalue weighted by Crippen LogP contribution is 2.39. The second-order valence-electron chi connectivity index (χ2n) is 2.25. The largest absolute Gasteiger partial charge is 0.460 e. The minimum absolute atomic E-state index is 0.328. The first-order valence-electron chi connectivity index (χ1n) is 3.50. The van der Waals surface area contributed by atoms with Crippen LogP contribution in [0.25, 0.3) is 0 Å². The molecule has 2 nitrogen and oxygen atoms in total. The summed E-state index contributed by atoms with van der Waals surface area (Å²) >= 11 is 3.42. The monoisotopic (exact) mass is 202 g/mol. The molecule has 0 saturated heterocycles. The summed E-state index contributed by atoms with van der Waals surface area (Å²) in [7, 11) is 0. The third-order valence-electron chi connectivity index (χ3n) is 1.23. The molecule has 0 radical (unpaired) electrons. The number of ether oxygens (including phenoxy) is 1. The van der Waals surface area contributed by atoms with E-state index < -0.39 is 0 Å². The lowest BCUT2D eigenvalue weighted by Crippen LogP contribution is -2.09. The van der Waals surface area contributed by atoms with Crippen molar-refractivity contribution >= 4 is 29.5 Å². The van der Waals surface area contributed by atoms with E-state index in [0.717, 1.165) is 0 Å². The third-order valence-corrected chi connectivity index (χ3v) is 3.82. The molecule has 0 saturated carbocycles. The normalized spacial score (nSPS) is 21.8. The van der Waals surface area contributed by atoms with Crippen LogP contribution >= 0.6 is 23.5 Å². The van der Waals surface area contributed by atoms with Gasteiger partial charge in [-0.3, -0.25) is 0 Å². The highest BCUT2D eigenvalue weighted by Gasteiger charge is 2.16. The summed E-state index contributed by atoms with van der Waals surface area (Å²) in [4.78, 5) is 12.0. The molecule has 1 aliphatic rings. The zero-order chi connectivity index (χ0) is 8.97. The molecule has 0 N–H and O–H groups in total. The second kappa shape index (κ2) is 4.62. The Morgan fingerprint density at radius 3 is 3.17 bits per heavy atom. The van der Waals surface area contributed by atoms with Gasteiger partial charge in [-0.25, -0.2) is 4.79 Å². The molecule has 1 atom stereocenters. The Kier molecular flexibility index (Phi) is 3.75. The highest BCUT2D eigenvalue weighted by atomic mass is 32.2. The number of allylic oxidation sites excluding steroid dienone is 1. The van der Waals surface area contributed by atoms with Gasteiger partial charge >= 0.3 is 5.97 Å². The van der Waals surface area contributed by atoms with Gasteiger partial charge in [0.1, 0.15) is 6.61 Å². The molecule has 0 fully saturated rings. The van der Waals surface area contributed by atoms with Gasteiger partial charge in [-0.2, -0.15) is 0 Å². The molecule has 4 heteroatoms. The van der Waals surface area contributed by atoms with Crippen LogP contribution in [0.5, 0.6) is 0 Å². The maximum atomic E-state index is 10.7. The van der Waals surface area contributed by atoms with E-state index in [9.17, 15) is 4.79 Å². The minimum atomic E-state index is -0.347. The zero-order valence-corrected chi connectivity index (χ0v) is 8.41. The van der Waals surface area contributed by atoms with Crippen LogP contribution in [0, 0.1) is 0 Å². The molecule has 0 spiro atoms. The number of carbonyl (C=O) groups is 1. The van der Waals surface area contributed by atoms with E-state index in [2.05, 4.69) is 12.0 Å². The van der Waals surface area contributed by atoms with Crippen LogP contribution in [0.3, 0.4) is 0 Å². The predicted octanol–water partition coefficient (Wildman–Crippen LogP) is 2.38. The van der Waals surface area contributed by atoms with E-state index in [1.165, 1.54) is 11.0 Å². The number of thioether (sulfide) groups is 2. The van der Waals surface area contributed by atoms with Gasteiger partial charge in [0.25, 0.3) is 0 Å². The van der Waals surface area contributed by atoms with Gasteiger partial charge < -0.3 is 4.74 Å². The Balaban J connectivity index is 2.18. The van der Waals surface area contributed by atoms with Crippen molar-refractivity contribution in [3.05, 3.63) is 23.0 Å². The lowest BCUT2D eigenvalue weighted by molar-refractivity contribution is -0.137. The van der Waals surface area contributed by atoms with Crippen LogP contribution in [-0.2, 0) is 9.53 Å². The summed E-state index contributed by atoms with van der Waals surface area (Å²) in [6, 6.07) is 0. The lowest BCUT2D eigenvalue weighted by atomic mass is 10.6. The Morgan fingerprint density at radius 1 is 1.92 bits per heavy atom. The van der Waals surface area contributed by atoms with Gasteiger partial charge in [0.15, 0.2) is 0 Å². The predicted molar refractivity (Wildman–Crippen MR) is 53.9 cm³/mol. The van der Waals surface area contributed by atoms with Crippen molar-refractivity contribution in [2.24, 2.45) is 0 Å². The van der Waals surface area contributed by atoms with Crippen molar-refractivity contribution in [2.75, 3.05) is 6.61 Å². The molecule has 1 heterocycles. The SMILES string of the molecule is C=CC(=O)OCC1SC=C(C)S1. The van der Waals surface area contributed by atoms with Crippen molar-refractivity contribution in [3.63, 3.8) is 0 Å². The summed E-state index contributed by atoms with van der Waals surface area (Å²) in [6.45, 7) is 5.82. The van der Waals surface area contributed by atoms with Gasteiger partial charge in [-0.1, -0.05) is 6.58 Å². The average Bonchev–Trinajstić information content (AvgIpc) is 2.47. The standard InChI is InChI=1S/C8H10O2S2/c1-3-7(9)10-4-8-11-5-6(2)12-8/h3,5,8H,1,4H2,2H3. The van der Waals surface area contributed by atoms with Crippen molar-refractivity contribution in [2.45, 2.75) is 11.5 Å². The van der Waals surface area contributed by atoms with Crippen molar-refractivity contribution in [3.8, 4) is 0 Å². The van der Waals surface area contributed by atoms with Crippen molar-refractivity contribution in [1.82, 2.24) is 0 Å². The number of esters is 1. The van der Waals surface area contributed by atoms with Gasteiger partial charge in [-0.05, 0) is 17.2 Å². The summed E-state index contributed by atoms with van der Waals surface area (Å²) in [6.07, 6.45) is 1.19. The number of hydrogen-bond donors (Lipinski definition) is 0. The van der Waals surface area contributed by atoms with E-state index in [0.29, 0.717) is 11.2 Å². The minimum Gasteiger partial charge on any atom is -0.460 e. The fraction of sp³-hybridized carbons (Fsp3) is 0.375. The van der Waals surface area contributed by atoms with Crippen LogP contribution in [0.15, 0.2) is 23.0 Å². The molecule has 0 bridgehead atoms. The quantitative estimate of drug-likeness (QED) is 0.518. The molecule has 0 aliphatic carbocycles. The molecular formula is C8H10O2S2. The number of hydrogen-bond acceptors (Lipinski definition) is 4. The van der Waals surface area contributed by atoms with Gasteiger partial charge in [0.05, 0.1) is 4.58 Å². The Morgan fingerprint density at radius 2 is 2.67 bits per heavy atom. The lowest BCUT2D eigenvalue weighted by Gasteiger charge is -2.07. The molecule has 0 aromatic carbocycles. The molecule has 1 rings (SSSR count). The molecule has 1 unspecified atom stereocenters. The van der Waals surface area contributed by atoms with Crippen LogP contribution in [-0.4, -0.2) is 17.2 Å². The first-order valence-corrected chi connectivity index (χ1v) is 5.32. The van der Waals surface area contributed by atoms with Crippen LogP contribution in [0.1, 0.15) is 6.92 Å². The highest BCUT2D eigenvalue weighted by molar-refractivity contribution is 8.23. The van der Waals surface area contributed by atoms with Crippen LogP contribution in [0.4, 0.5) is 0 Å². The molecule has 0 amide bonds. The van der Waals surface area contributed by atoms with Crippen molar-refractivity contribution in [1.29, 1.82) is 0 Å². The molecular weight excluding hydrogens is 192 g/mol. The molecule has 0 aromatic rings. The summed E-state index contributed by atoms with van der Waals surface area (Å²) in [5.41, 5.74) is 0. The fourth-order valence-electron chi connectivity index (χ4n) is 0.717. The maximum absolute atomic E-state index is 10.7. The molecule has 0 aromatic heterocycles. The average molecular weight is 202 g/mol. The summed E-state index contributed by atoms with van der Waals surface area (Å²) in [5, 5.41) is 2.08. The first kappa shape index (κ1) is 9.74. The first-order chi connectivity index (χ1) is 5.72. The Labute approximate surface area is 80.4 Å². The molecule has 66 valence electrons. The number of carbonyl (C=O) groups excluding carboxylic acids is 1. The van der Waals surface area contributed by atoms with Gasteiger partial charge in [-0.15, -0.1) is 23.5 Å². The molecule has 12 heavy (non-hydrogen) atoms. The summed E-state index contributed by atoms with van der Waals surface area (Å²) in [5.74, 6) is -0.347. The fourth-order valence-corrected chi connectivity index (χ4v) is 2.99. The zero-order valence-electron chi connectivity index (χ0n) is 6.78. The second-order valence-corrected chi connectivity index (χ2v) is 5.07. The van der Waals surface area contributed by atoms with Crippen molar-refractivity contribution < 1.29 is 9.53 Å². The van der Waals surface area contributed by atoms with Crippen LogP contribution in [0.2, 0.25) is 0 Å². The topological polar surface area (TPSA) is 26.3 Å².